The summed E-state index contributed by atoms with van der Waals surface area (Å²) in [5, 5.41) is 9.21. The minimum Gasteiger partial charge on any atom is -0.335 e. The van der Waals surface area contributed by atoms with Gasteiger partial charge >= 0.3 is 0 Å². The third-order valence-electron chi connectivity index (χ3n) is 5.85. The Labute approximate surface area is 182 Å². The molecule has 30 heavy (non-hydrogen) atoms. The van der Waals surface area contributed by atoms with E-state index in [9.17, 15) is 4.79 Å². The number of halogens is 1. The summed E-state index contributed by atoms with van der Waals surface area (Å²) in [7, 11) is 0. The van der Waals surface area contributed by atoms with Crippen molar-refractivity contribution in [2.24, 2.45) is 0 Å². The second-order valence-corrected chi connectivity index (χ2v) is 8.21. The maximum Gasteiger partial charge on any atom is 0.276 e. The summed E-state index contributed by atoms with van der Waals surface area (Å²) in [6.45, 7) is 8.99. The minimum absolute atomic E-state index is 0.0588. The van der Waals surface area contributed by atoms with Crippen LogP contribution >= 0.6 is 11.6 Å². The van der Waals surface area contributed by atoms with Crippen molar-refractivity contribution in [3.63, 3.8) is 0 Å². The van der Waals surface area contributed by atoms with Crippen molar-refractivity contribution in [2.75, 3.05) is 26.2 Å². The molecule has 0 radical (unpaired) electrons. The monoisotopic (exact) mass is 423 g/mol. The van der Waals surface area contributed by atoms with Gasteiger partial charge in [-0.1, -0.05) is 47.1 Å². The number of piperazine rings is 1. The van der Waals surface area contributed by atoms with Gasteiger partial charge in [0.15, 0.2) is 5.69 Å². The van der Waals surface area contributed by atoms with Crippen LogP contribution < -0.4 is 0 Å². The molecule has 1 atom stereocenters. The summed E-state index contributed by atoms with van der Waals surface area (Å²) in [6, 6.07) is 16.2. The van der Waals surface area contributed by atoms with Crippen molar-refractivity contribution in [3.8, 4) is 5.69 Å². The van der Waals surface area contributed by atoms with Crippen LogP contribution in [0.5, 0.6) is 0 Å². The molecule has 7 heteroatoms. The first kappa shape index (κ1) is 20.6. The molecule has 0 bridgehead atoms. The first-order valence-corrected chi connectivity index (χ1v) is 10.6. The van der Waals surface area contributed by atoms with Crippen LogP contribution in [0.3, 0.4) is 0 Å². The number of carbonyl (C=O) groups is 1. The van der Waals surface area contributed by atoms with Gasteiger partial charge in [0.25, 0.3) is 5.91 Å². The fourth-order valence-electron chi connectivity index (χ4n) is 4.00. The maximum atomic E-state index is 13.1. The molecule has 4 rings (SSSR count). The van der Waals surface area contributed by atoms with Gasteiger partial charge in [-0.15, -0.1) is 5.10 Å². The highest BCUT2D eigenvalue weighted by atomic mass is 35.5. The van der Waals surface area contributed by atoms with Crippen LogP contribution in [-0.2, 0) is 0 Å². The molecule has 156 valence electrons. The molecule has 1 saturated heterocycles. The molecule has 0 saturated carbocycles. The van der Waals surface area contributed by atoms with Gasteiger partial charge in [-0.05, 0) is 50.1 Å². The van der Waals surface area contributed by atoms with Crippen LogP contribution in [0.15, 0.2) is 48.5 Å². The highest BCUT2D eigenvalue weighted by Crippen LogP contribution is 2.28. The highest BCUT2D eigenvalue weighted by molar-refractivity contribution is 6.31. The minimum atomic E-state index is -0.0588. The van der Waals surface area contributed by atoms with Gasteiger partial charge < -0.3 is 4.90 Å². The lowest BCUT2D eigenvalue weighted by Crippen LogP contribution is -2.49. The summed E-state index contributed by atoms with van der Waals surface area (Å²) < 4.78 is 1.73. The second kappa shape index (κ2) is 8.58. The number of aromatic nitrogens is 3. The SMILES string of the molecule is Cc1cccc(-n2nnc(C(=O)N3CCN(C(C)c4ccccc4Cl)CC3)c2C)c1. The van der Waals surface area contributed by atoms with E-state index >= 15 is 0 Å². The average molecular weight is 424 g/mol. The number of rotatable bonds is 4. The van der Waals surface area contributed by atoms with E-state index in [1.165, 1.54) is 0 Å². The van der Waals surface area contributed by atoms with E-state index in [2.05, 4.69) is 28.2 Å². The Balaban J connectivity index is 1.44. The van der Waals surface area contributed by atoms with E-state index in [-0.39, 0.29) is 11.9 Å². The summed E-state index contributed by atoms with van der Waals surface area (Å²) in [5.74, 6) is -0.0588. The van der Waals surface area contributed by atoms with Crippen molar-refractivity contribution in [2.45, 2.75) is 26.8 Å². The topological polar surface area (TPSA) is 54.3 Å². The van der Waals surface area contributed by atoms with E-state index in [1.807, 2.05) is 61.2 Å². The van der Waals surface area contributed by atoms with Crippen LogP contribution in [0.2, 0.25) is 5.02 Å². The first-order chi connectivity index (χ1) is 14.5. The van der Waals surface area contributed by atoms with E-state index < -0.39 is 0 Å². The molecule has 1 aliphatic heterocycles. The molecule has 0 N–H and O–H groups in total. The molecule has 6 nitrogen and oxygen atoms in total. The second-order valence-electron chi connectivity index (χ2n) is 7.80. The molecule has 0 aliphatic carbocycles. The largest absolute Gasteiger partial charge is 0.335 e. The Morgan fingerprint density at radius 3 is 2.47 bits per heavy atom. The van der Waals surface area contributed by atoms with E-state index in [0.29, 0.717) is 18.8 Å². The van der Waals surface area contributed by atoms with Gasteiger partial charge in [-0.25, -0.2) is 4.68 Å². The van der Waals surface area contributed by atoms with Crippen molar-refractivity contribution in [1.29, 1.82) is 0 Å². The standard InChI is InChI=1S/C23H26ClN5O/c1-16-7-6-8-19(15-16)29-18(3)22(25-26-29)23(30)28-13-11-27(12-14-28)17(2)20-9-4-5-10-21(20)24/h4-10,15,17H,11-14H2,1-3H3. The molecule has 3 aromatic rings. The van der Waals surface area contributed by atoms with Crippen molar-refractivity contribution >= 4 is 17.5 Å². The van der Waals surface area contributed by atoms with Crippen LogP contribution in [0.4, 0.5) is 0 Å². The molecule has 1 fully saturated rings. The third kappa shape index (κ3) is 3.98. The Kier molecular flexibility index (Phi) is 5.88. The maximum absolute atomic E-state index is 13.1. The predicted molar refractivity (Wildman–Crippen MR) is 118 cm³/mol. The predicted octanol–water partition coefficient (Wildman–Crippen LogP) is 4.06. The lowest BCUT2D eigenvalue weighted by Gasteiger charge is -2.38. The van der Waals surface area contributed by atoms with Gasteiger partial charge in [0.2, 0.25) is 0 Å². The zero-order chi connectivity index (χ0) is 21.3. The van der Waals surface area contributed by atoms with Crippen molar-refractivity contribution in [3.05, 3.63) is 76.1 Å². The summed E-state index contributed by atoms with van der Waals surface area (Å²) >= 11 is 6.37. The average Bonchev–Trinajstić information content (AvgIpc) is 3.14. The number of nitrogens with zero attached hydrogens (tertiary/aromatic N) is 5. The van der Waals surface area contributed by atoms with Gasteiger partial charge in [-0.3, -0.25) is 9.69 Å². The molecular formula is C23H26ClN5O. The first-order valence-electron chi connectivity index (χ1n) is 10.2. The molecule has 2 aromatic carbocycles. The molecule has 1 aromatic heterocycles. The van der Waals surface area contributed by atoms with Crippen LogP contribution in [0, 0.1) is 13.8 Å². The van der Waals surface area contributed by atoms with Gasteiger partial charge in [0, 0.05) is 37.2 Å². The smallest absolute Gasteiger partial charge is 0.276 e. The van der Waals surface area contributed by atoms with Gasteiger partial charge in [0.1, 0.15) is 0 Å². The lowest BCUT2D eigenvalue weighted by atomic mass is 10.1. The Hall–Kier alpha value is -2.70. The van der Waals surface area contributed by atoms with Crippen LogP contribution in [-0.4, -0.2) is 56.9 Å². The van der Waals surface area contributed by atoms with Crippen molar-refractivity contribution in [1.82, 2.24) is 24.8 Å². The number of hydrogen-bond donors (Lipinski definition) is 0. The molecule has 1 unspecified atom stereocenters. The van der Waals surface area contributed by atoms with E-state index in [1.54, 1.807) is 4.68 Å². The number of aryl methyl sites for hydroxylation is 1. The number of hydrogen-bond acceptors (Lipinski definition) is 4. The number of amides is 1. The summed E-state index contributed by atoms with van der Waals surface area (Å²) in [4.78, 5) is 17.3. The summed E-state index contributed by atoms with van der Waals surface area (Å²) in [5.41, 5.74) is 4.36. The molecule has 1 aliphatic rings. The highest BCUT2D eigenvalue weighted by Gasteiger charge is 2.28. The number of carbonyl (C=O) groups excluding carboxylic acids is 1. The van der Waals surface area contributed by atoms with Gasteiger partial charge in [0.05, 0.1) is 11.4 Å². The molecule has 1 amide bonds. The molecule has 0 spiro atoms. The quantitative estimate of drug-likeness (QED) is 0.635. The zero-order valence-electron chi connectivity index (χ0n) is 17.5. The van der Waals surface area contributed by atoms with E-state index in [0.717, 1.165) is 40.6 Å². The Bertz CT molecular complexity index is 1060. The van der Waals surface area contributed by atoms with E-state index in [4.69, 9.17) is 11.6 Å². The van der Waals surface area contributed by atoms with Gasteiger partial charge in [-0.2, -0.15) is 0 Å². The Morgan fingerprint density at radius 2 is 1.77 bits per heavy atom. The third-order valence-corrected chi connectivity index (χ3v) is 6.19. The van der Waals surface area contributed by atoms with Crippen LogP contribution in [0.25, 0.3) is 5.69 Å². The fraction of sp³-hybridized carbons (Fsp3) is 0.348. The molecule has 2 heterocycles. The Morgan fingerprint density at radius 1 is 1.03 bits per heavy atom. The zero-order valence-corrected chi connectivity index (χ0v) is 18.3. The number of benzene rings is 2. The molecular weight excluding hydrogens is 398 g/mol. The van der Waals surface area contributed by atoms with Crippen LogP contribution in [0.1, 0.15) is 40.3 Å². The fourth-order valence-corrected chi connectivity index (χ4v) is 4.30. The normalized spacial score (nSPS) is 15.9. The lowest BCUT2D eigenvalue weighted by molar-refractivity contribution is 0.0576. The van der Waals surface area contributed by atoms with Crippen molar-refractivity contribution < 1.29 is 4.79 Å². The summed E-state index contributed by atoms with van der Waals surface area (Å²) in [6.07, 6.45) is 0.